The molecule has 1 unspecified atom stereocenters. The van der Waals surface area contributed by atoms with Gasteiger partial charge in [0.05, 0.1) is 0 Å². The minimum Gasteiger partial charge on any atom is -0.298 e. The Hall–Kier alpha value is -3.40. The molecule has 3 nitrogen and oxygen atoms in total. The van der Waals surface area contributed by atoms with E-state index in [4.69, 9.17) is 0 Å². The van der Waals surface area contributed by atoms with E-state index in [1.807, 2.05) is 52.0 Å². The summed E-state index contributed by atoms with van der Waals surface area (Å²) in [6.07, 6.45) is 5.49. The quantitative estimate of drug-likeness (QED) is 0.377. The number of allylic oxidation sites excluding steroid dienone is 2. The van der Waals surface area contributed by atoms with Crippen molar-refractivity contribution in [3.05, 3.63) is 101 Å². The number of aryl methyl sites for hydroxylation is 3. The van der Waals surface area contributed by atoms with Crippen molar-refractivity contribution in [3.63, 3.8) is 0 Å². The van der Waals surface area contributed by atoms with Gasteiger partial charge in [-0.2, -0.15) is 0 Å². The van der Waals surface area contributed by atoms with Gasteiger partial charge < -0.3 is 0 Å². The Bertz CT molecular complexity index is 1110. The molecular formula is C27H26FNO2. The number of aromatic nitrogens is 1. The van der Waals surface area contributed by atoms with E-state index in [1.165, 1.54) is 12.1 Å². The van der Waals surface area contributed by atoms with E-state index >= 15 is 0 Å². The van der Waals surface area contributed by atoms with Gasteiger partial charge in [-0.15, -0.1) is 0 Å². The number of nitrogens with zero attached hydrogens (tertiary/aromatic N) is 1. The van der Waals surface area contributed by atoms with Crippen molar-refractivity contribution in [1.82, 2.24) is 4.98 Å². The molecule has 0 bridgehead atoms. The summed E-state index contributed by atoms with van der Waals surface area (Å²) in [5.74, 6) is -0.768. The third-order valence-corrected chi connectivity index (χ3v) is 5.50. The van der Waals surface area contributed by atoms with E-state index in [2.05, 4.69) is 4.98 Å². The van der Waals surface area contributed by atoms with E-state index < -0.39 is 5.92 Å². The van der Waals surface area contributed by atoms with Crippen molar-refractivity contribution in [2.75, 3.05) is 0 Å². The summed E-state index contributed by atoms with van der Waals surface area (Å²) in [6, 6.07) is 14.3. The van der Waals surface area contributed by atoms with Crippen molar-refractivity contribution >= 4 is 11.6 Å². The van der Waals surface area contributed by atoms with Crippen LogP contribution in [0.4, 0.5) is 4.39 Å². The monoisotopic (exact) mass is 415 g/mol. The molecule has 0 N–H and O–H groups in total. The number of ketones is 2. The van der Waals surface area contributed by atoms with Crippen LogP contribution in [0.5, 0.6) is 0 Å². The Balaban J connectivity index is 0.000000185. The molecule has 4 heteroatoms. The van der Waals surface area contributed by atoms with Crippen molar-refractivity contribution in [1.29, 1.82) is 0 Å². The Morgan fingerprint density at radius 1 is 0.903 bits per heavy atom. The maximum atomic E-state index is 12.6. The first kappa shape index (κ1) is 22.3. The van der Waals surface area contributed by atoms with Gasteiger partial charge in [0.2, 0.25) is 0 Å². The highest BCUT2D eigenvalue weighted by Crippen LogP contribution is 2.35. The van der Waals surface area contributed by atoms with Crippen LogP contribution in [0.2, 0.25) is 0 Å². The molecule has 158 valence electrons. The summed E-state index contributed by atoms with van der Waals surface area (Å²) in [6.45, 7) is 7.80. The standard InChI is InChI=1S/C16H18O2.C11H8FN/c1-5-12-8-13(17)15(16(12)18)14-10(3)6-9(2)7-11(14)4;12-11-3-1-9(2-4-11)10-5-7-13-8-6-10/h5-7,15H,8H2,1-4H3;1-8H/b12-5+;. The number of Topliss-reactive ketones (excluding diaryl/α,β-unsaturated/α-hetero) is 2. The largest absolute Gasteiger partial charge is 0.298 e. The lowest BCUT2D eigenvalue weighted by atomic mass is 9.87. The number of pyridine rings is 1. The van der Waals surface area contributed by atoms with E-state index in [1.54, 1.807) is 30.6 Å². The predicted octanol–water partition coefficient (Wildman–Crippen LogP) is 6.07. The molecule has 1 atom stereocenters. The fraction of sp³-hybridized carbons (Fsp3) is 0.222. The lowest BCUT2D eigenvalue weighted by Gasteiger charge is -2.15. The Kier molecular flexibility index (Phi) is 6.91. The number of hydrogen-bond acceptors (Lipinski definition) is 3. The SMILES string of the molecule is C/C=C1\CC(=O)C(c2c(C)cc(C)cc2C)C1=O.Fc1ccc(-c2ccncc2)cc1. The molecule has 1 saturated carbocycles. The van der Waals surface area contributed by atoms with Crippen LogP contribution in [0.15, 0.2) is 72.6 Å². The van der Waals surface area contributed by atoms with E-state index in [0.717, 1.165) is 33.4 Å². The van der Waals surface area contributed by atoms with Crippen molar-refractivity contribution in [3.8, 4) is 11.1 Å². The first-order chi connectivity index (χ1) is 14.8. The molecule has 4 rings (SSSR count). The molecule has 1 fully saturated rings. The average Bonchev–Trinajstić information content (AvgIpc) is 3.03. The second kappa shape index (κ2) is 9.61. The van der Waals surface area contributed by atoms with Gasteiger partial charge in [-0.3, -0.25) is 14.6 Å². The zero-order chi connectivity index (χ0) is 22.5. The Labute approximate surface area is 182 Å². The van der Waals surface area contributed by atoms with Crippen LogP contribution in [0.3, 0.4) is 0 Å². The highest BCUT2D eigenvalue weighted by Gasteiger charge is 2.39. The summed E-state index contributed by atoms with van der Waals surface area (Å²) in [7, 11) is 0. The van der Waals surface area contributed by atoms with Crippen LogP contribution < -0.4 is 0 Å². The molecule has 1 aliphatic rings. The van der Waals surface area contributed by atoms with E-state index in [9.17, 15) is 14.0 Å². The molecule has 0 radical (unpaired) electrons. The van der Waals surface area contributed by atoms with Gasteiger partial charge in [-0.1, -0.05) is 35.9 Å². The van der Waals surface area contributed by atoms with Crippen molar-refractivity contribution in [2.24, 2.45) is 0 Å². The maximum Gasteiger partial charge on any atom is 0.173 e. The molecule has 3 aromatic rings. The van der Waals surface area contributed by atoms with Gasteiger partial charge in [0, 0.05) is 18.8 Å². The molecule has 0 aliphatic heterocycles. The maximum absolute atomic E-state index is 12.6. The zero-order valence-electron chi connectivity index (χ0n) is 18.3. The smallest absolute Gasteiger partial charge is 0.173 e. The van der Waals surface area contributed by atoms with Crippen LogP contribution in [0.25, 0.3) is 11.1 Å². The Morgan fingerprint density at radius 2 is 1.45 bits per heavy atom. The third kappa shape index (κ3) is 5.02. The molecule has 1 heterocycles. The minimum absolute atomic E-state index is 0.0162. The number of benzene rings is 2. The second-order valence-corrected chi connectivity index (χ2v) is 7.81. The van der Waals surface area contributed by atoms with Crippen molar-refractivity contribution < 1.29 is 14.0 Å². The molecule has 1 aliphatic carbocycles. The molecule has 1 aromatic heterocycles. The van der Waals surface area contributed by atoms with Crippen LogP contribution in [-0.2, 0) is 9.59 Å². The molecule has 0 saturated heterocycles. The molecular weight excluding hydrogens is 389 g/mol. The van der Waals surface area contributed by atoms with Crippen LogP contribution >= 0.6 is 0 Å². The highest BCUT2D eigenvalue weighted by atomic mass is 19.1. The van der Waals surface area contributed by atoms with Crippen LogP contribution in [-0.4, -0.2) is 16.6 Å². The van der Waals surface area contributed by atoms with Crippen molar-refractivity contribution in [2.45, 2.75) is 40.0 Å². The average molecular weight is 416 g/mol. The number of carbonyl (C=O) groups excluding carboxylic acids is 2. The normalized spacial score (nSPS) is 16.9. The fourth-order valence-electron chi connectivity index (χ4n) is 4.08. The van der Waals surface area contributed by atoms with E-state index in [-0.39, 0.29) is 23.8 Å². The first-order valence-electron chi connectivity index (χ1n) is 10.3. The van der Waals surface area contributed by atoms with Gasteiger partial charge in [0.15, 0.2) is 11.6 Å². The summed E-state index contributed by atoms with van der Waals surface area (Å²) in [5.41, 5.74) is 6.86. The lowest BCUT2D eigenvalue weighted by Crippen LogP contribution is -2.15. The van der Waals surface area contributed by atoms with Gasteiger partial charge >= 0.3 is 0 Å². The summed E-state index contributed by atoms with van der Waals surface area (Å²) in [4.78, 5) is 28.2. The first-order valence-corrected chi connectivity index (χ1v) is 10.3. The highest BCUT2D eigenvalue weighted by molar-refractivity contribution is 6.23. The molecule has 0 amide bonds. The topological polar surface area (TPSA) is 47.0 Å². The molecule has 31 heavy (non-hydrogen) atoms. The van der Waals surface area contributed by atoms with Crippen LogP contribution in [0, 0.1) is 26.6 Å². The Morgan fingerprint density at radius 3 is 1.97 bits per heavy atom. The zero-order valence-corrected chi connectivity index (χ0v) is 18.3. The number of carbonyl (C=O) groups is 2. The van der Waals surface area contributed by atoms with Gasteiger partial charge in [0.25, 0.3) is 0 Å². The number of rotatable bonds is 2. The molecule has 0 spiro atoms. The number of halogens is 1. The third-order valence-electron chi connectivity index (χ3n) is 5.50. The molecule has 2 aromatic carbocycles. The predicted molar refractivity (Wildman–Crippen MR) is 121 cm³/mol. The van der Waals surface area contributed by atoms with Gasteiger partial charge in [-0.05, 0) is 85.4 Å². The number of hydrogen-bond donors (Lipinski definition) is 0. The van der Waals surface area contributed by atoms with Crippen LogP contribution in [0.1, 0.15) is 41.5 Å². The minimum atomic E-state index is -0.572. The fourth-order valence-corrected chi connectivity index (χ4v) is 4.08. The van der Waals surface area contributed by atoms with Gasteiger partial charge in [-0.25, -0.2) is 4.39 Å². The summed E-state index contributed by atoms with van der Waals surface area (Å²) in [5, 5.41) is 0. The summed E-state index contributed by atoms with van der Waals surface area (Å²) >= 11 is 0. The second-order valence-electron chi connectivity index (χ2n) is 7.81. The lowest BCUT2D eigenvalue weighted by molar-refractivity contribution is -0.123. The van der Waals surface area contributed by atoms with E-state index in [0.29, 0.717) is 5.57 Å². The van der Waals surface area contributed by atoms with Gasteiger partial charge in [0.1, 0.15) is 11.7 Å². The summed E-state index contributed by atoms with van der Waals surface area (Å²) < 4.78 is 12.6.